The summed E-state index contributed by atoms with van der Waals surface area (Å²) in [6.45, 7) is 6.68. The largest absolute Gasteiger partial charge is 0.332 e. The Labute approximate surface area is 135 Å². The summed E-state index contributed by atoms with van der Waals surface area (Å²) in [7, 11) is -3.66. The van der Waals surface area contributed by atoms with Crippen molar-refractivity contribution in [2.75, 3.05) is 0 Å². The fraction of sp³-hybridized carbons (Fsp3) is 0.643. The Morgan fingerprint density at radius 3 is 2.91 bits per heavy atom. The minimum atomic E-state index is -3.66. The molecule has 1 atom stereocenters. The van der Waals surface area contributed by atoms with Gasteiger partial charge in [0, 0.05) is 18.9 Å². The second-order valence-electron chi connectivity index (χ2n) is 6.07. The molecule has 8 nitrogen and oxygen atoms in total. The molecule has 126 valence electrons. The van der Waals surface area contributed by atoms with Crippen LogP contribution < -0.4 is 4.72 Å². The molecule has 0 bridgehead atoms. The molecule has 23 heavy (non-hydrogen) atoms. The number of H-pyrrole nitrogens is 1. The Morgan fingerprint density at radius 1 is 1.48 bits per heavy atom. The molecule has 2 aromatic heterocycles. The molecular weight excluding hydrogens is 316 g/mol. The molecule has 0 saturated carbocycles. The highest BCUT2D eigenvalue weighted by molar-refractivity contribution is 7.89. The maximum Gasteiger partial charge on any atom is 0.258 e. The highest BCUT2D eigenvalue weighted by atomic mass is 32.2. The van der Waals surface area contributed by atoms with Crippen LogP contribution in [0.1, 0.15) is 63.0 Å². The van der Waals surface area contributed by atoms with Gasteiger partial charge in [-0.1, -0.05) is 20.8 Å². The third kappa shape index (κ3) is 3.16. The number of rotatable bonds is 5. The van der Waals surface area contributed by atoms with Crippen LogP contribution in [0.15, 0.2) is 11.2 Å². The number of nitrogens with zero attached hydrogens (tertiary/aromatic N) is 4. The van der Waals surface area contributed by atoms with Crippen LogP contribution >= 0.6 is 0 Å². The lowest BCUT2D eigenvalue weighted by Gasteiger charge is -2.22. The van der Waals surface area contributed by atoms with Crippen molar-refractivity contribution in [3.05, 3.63) is 23.7 Å². The van der Waals surface area contributed by atoms with Gasteiger partial charge in [-0.3, -0.25) is 0 Å². The van der Waals surface area contributed by atoms with Crippen molar-refractivity contribution in [2.45, 2.75) is 63.6 Å². The third-order valence-corrected chi connectivity index (χ3v) is 5.32. The summed E-state index contributed by atoms with van der Waals surface area (Å²) in [5.41, 5.74) is 0. The maximum atomic E-state index is 12.6. The molecule has 0 saturated heterocycles. The molecule has 0 unspecified atom stereocenters. The van der Waals surface area contributed by atoms with Gasteiger partial charge >= 0.3 is 0 Å². The molecule has 0 radical (unpaired) electrons. The minimum Gasteiger partial charge on any atom is -0.332 e. The average Bonchev–Trinajstić information content (AvgIpc) is 3.14. The van der Waals surface area contributed by atoms with Gasteiger partial charge in [-0.15, -0.1) is 0 Å². The van der Waals surface area contributed by atoms with Gasteiger partial charge < -0.3 is 4.98 Å². The first-order chi connectivity index (χ1) is 10.9. The SMILES string of the molecule is CCc1nc2n(n1)CCC[C@H]2NS(=O)(=O)c1cnc(C(C)C)[nH]1. The fourth-order valence-electron chi connectivity index (χ4n) is 2.66. The molecule has 9 heteroatoms. The lowest BCUT2D eigenvalue weighted by atomic mass is 10.1. The molecule has 3 heterocycles. The van der Waals surface area contributed by atoms with Gasteiger partial charge in [-0.25, -0.2) is 23.1 Å². The van der Waals surface area contributed by atoms with E-state index in [4.69, 9.17) is 0 Å². The highest BCUT2D eigenvalue weighted by Crippen LogP contribution is 2.25. The topological polar surface area (TPSA) is 106 Å². The van der Waals surface area contributed by atoms with E-state index in [1.54, 1.807) is 0 Å². The summed E-state index contributed by atoms with van der Waals surface area (Å²) in [6, 6.07) is -0.354. The van der Waals surface area contributed by atoms with E-state index in [1.165, 1.54) is 6.20 Å². The minimum absolute atomic E-state index is 0.0913. The third-order valence-electron chi connectivity index (χ3n) is 3.94. The number of hydrogen-bond acceptors (Lipinski definition) is 5. The van der Waals surface area contributed by atoms with Crippen molar-refractivity contribution in [1.82, 2.24) is 29.5 Å². The Morgan fingerprint density at radius 2 is 2.26 bits per heavy atom. The molecule has 0 spiro atoms. The van der Waals surface area contributed by atoms with Gasteiger partial charge in [0.25, 0.3) is 10.0 Å². The molecule has 2 N–H and O–H groups in total. The number of aromatic nitrogens is 5. The average molecular weight is 338 g/mol. The number of imidazole rings is 1. The lowest BCUT2D eigenvalue weighted by Crippen LogP contribution is -2.33. The molecule has 2 aromatic rings. The van der Waals surface area contributed by atoms with Crippen LogP contribution in [0.4, 0.5) is 0 Å². The maximum absolute atomic E-state index is 12.6. The summed E-state index contributed by atoms with van der Waals surface area (Å²) in [5.74, 6) is 2.24. The summed E-state index contributed by atoms with van der Waals surface area (Å²) < 4.78 is 29.7. The van der Waals surface area contributed by atoms with Crippen LogP contribution in [0.5, 0.6) is 0 Å². The van der Waals surface area contributed by atoms with E-state index in [2.05, 4.69) is 24.8 Å². The van der Waals surface area contributed by atoms with Gasteiger partial charge in [0.05, 0.1) is 12.2 Å². The standard InChI is InChI=1S/C14H22N6O2S/c1-4-11-16-14-10(6-5-7-20(14)18-11)19-23(21,22)12-8-15-13(17-12)9(2)3/h8-10,19H,4-7H2,1-3H3,(H,15,17)/t10-/m1/s1. The zero-order valence-corrected chi connectivity index (χ0v) is 14.4. The first-order valence-corrected chi connectivity index (χ1v) is 9.40. The van der Waals surface area contributed by atoms with Crippen LogP contribution in [0.3, 0.4) is 0 Å². The van der Waals surface area contributed by atoms with E-state index < -0.39 is 10.0 Å². The van der Waals surface area contributed by atoms with Gasteiger partial charge in [0.2, 0.25) is 0 Å². The Bertz CT molecular complexity index is 792. The van der Waals surface area contributed by atoms with Crippen molar-refractivity contribution in [1.29, 1.82) is 0 Å². The van der Waals surface area contributed by atoms with Crippen molar-refractivity contribution in [2.24, 2.45) is 0 Å². The smallest absolute Gasteiger partial charge is 0.258 e. The molecular formula is C14H22N6O2S. The molecule has 1 aliphatic rings. The molecule has 1 aliphatic heterocycles. The zero-order valence-electron chi connectivity index (χ0n) is 13.6. The van der Waals surface area contributed by atoms with Gasteiger partial charge in [0.15, 0.2) is 10.9 Å². The van der Waals surface area contributed by atoms with Crippen molar-refractivity contribution < 1.29 is 8.42 Å². The van der Waals surface area contributed by atoms with Gasteiger partial charge in [-0.2, -0.15) is 9.82 Å². The number of hydrogen-bond donors (Lipinski definition) is 2. The van der Waals surface area contributed by atoms with E-state index in [9.17, 15) is 8.42 Å². The van der Waals surface area contributed by atoms with Crippen LogP contribution in [0.25, 0.3) is 0 Å². The van der Waals surface area contributed by atoms with Crippen molar-refractivity contribution in [3.63, 3.8) is 0 Å². The normalized spacial score (nSPS) is 18.3. The van der Waals surface area contributed by atoms with E-state index in [1.807, 2.05) is 25.5 Å². The summed E-state index contributed by atoms with van der Waals surface area (Å²) in [5, 5.41) is 4.49. The van der Waals surface area contributed by atoms with Crippen molar-refractivity contribution >= 4 is 10.0 Å². The first-order valence-electron chi connectivity index (χ1n) is 7.91. The monoisotopic (exact) mass is 338 g/mol. The lowest BCUT2D eigenvalue weighted by molar-refractivity contribution is 0.399. The van der Waals surface area contributed by atoms with Crippen LogP contribution in [0, 0.1) is 0 Å². The molecule has 0 aliphatic carbocycles. The van der Waals surface area contributed by atoms with E-state index in [0.717, 1.165) is 25.2 Å². The second kappa shape index (κ2) is 6.04. The number of nitrogens with one attached hydrogen (secondary N) is 2. The summed E-state index contributed by atoms with van der Waals surface area (Å²) >= 11 is 0. The fourth-order valence-corrected chi connectivity index (χ4v) is 3.82. The van der Waals surface area contributed by atoms with Crippen LogP contribution in [-0.4, -0.2) is 33.2 Å². The predicted octanol–water partition coefficient (Wildman–Crippen LogP) is 1.50. The predicted molar refractivity (Wildman–Crippen MR) is 84.4 cm³/mol. The van der Waals surface area contributed by atoms with E-state index in [-0.39, 0.29) is 17.0 Å². The van der Waals surface area contributed by atoms with Crippen molar-refractivity contribution in [3.8, 4) is 0 Å². The van der Waals surface area contributed by atoms with Gasteiger partial charge in [-0.05, 0) is 12.8 Å². The Balaban J connectivity index is 1.85. The molecule has 0 amide bonds. The molecule has 0 fully saturated rings. The molecule has 0 aromatic carbocycles. The first kappa shape index (κ1) is 16.1. The van der Waals surface area contributed by atoms with Crippen LogP contribution in [-0.2, 0) is 23.0 Å². The zero-order chi connectivity index (χ0) is 16.6. The summed E-state index contributed by atoms with van der Waals surface area (Å²) in [4.78, 5) is 11.5. The number of sulfonamides is 1. The number of aryl methyl sites for hydroxylation is 2. The second-order valence-corrected chi connectivity index (χ2v) is 7.75. The number of fused-ring (bicyclic) bond motifs is 1. The van der Waals surface area contributed by atoms with E-state index in [0.29, 0.717) is 18.1 Å². The van der Waals surface area contributed by atoms with Gasteiger partial charge in [0.1, 0.15) is 11.6 Å². The quantitative estimate of drug-likeness (QED) is 0.859. The highest BCUT2D eigenvalue weighted by Gasteiger charge is 2.29. The molecule has 3 rings (SSSR count). The Hall–Kier alpha value is -1.74. The Kier molecular flexibility index (Phi) is 4.24. The van der Waals surface area contributed by atoms with E-state index >= 15 is 0 Å². The van der Waals surface area contributed by atoms with Crippen LogP contribution in [0.2, 0.25) is 0 Å². The summed E-state index contributed by atoms with van der Waals surface area (Å²) in [6.07, 6.45) is 3.68. The number of aromatic amines is 1.